The number of carbonyl (C=O) groups excluding carboxylic acids is 2. The second-order valence-corrected chi connectivity index (χ2v) is 4.81. The summed E-state index contributed by atoms with van der Waals surface area (Å²) in [5.41, 5.74) is 0. The van der Waals surface area contributed by atoms with Crippen LogP contribution in [0.15, 0.2) is 25.7 Å². The van der Waals surface area contributed by atoms with Crippen molar-refractivity contribution in [3.8, 4) is 0 Å². The molecule has 0 rings (SSSR count). The van der Waals surface area contributed by atoms with Crippen LogP contribution in [0.25, 0.3) is 0 Å². The molecule has 0 amide bonds. The van der Waals surface area contributed by atoms with Crippen molar-refractivity contribution >= 4 is 17.9 Å². The molecule has 0 aliphatic carbocycles. The third-order valence-electron chi connectivity index (χ3n) is 2.45. The van der Waals surface area contributed by atoms with Gasteiger partial charge in [0, 0.05) is 19.3 Å². The highest BCUT2D eigenvalue weighted by Crippen LogP contribution is 2.00. The average molecular weight is 422 g/mol. The van der Waals surface area contributed by atoms with Crippen molar-refractivity contribution in [3.63, 3.8) is 0 Å². The lowest BCUT2D eigenvalue weighted by Gasteiger charge is -2.16. The van der Waals surface area contributed by atoms with Gasteiger partial charge in [-0.1, -0.05) is 33.9 Å². The van der Waals surface area contributed by atoms with Gasteiger partial charge in [-0.05, 0) is 13.8 Å². The standard InChI is InChI=1S/C11H20O6.C5H8O2.C3H6O2/c1-5-10(12)16-8(3)14-7-15-9(4)17-11(13)6-2;1-3-6-5-7-4-2;1-2-3(4)5/h8-9H,5-7H2,1-4H3;3-4H,1-2,5H2;2H2,1H3,(H,4,5). The van der Waals surface area contributed by atoms with Gasteiger partial charge in [0.1, 0.15) is 0 Å². The molecule has 0 aromatic rings. The van der Waals surface area contributed by atoms with Crippen molar-refractivity contribution in [2.45, 2.75) is 66.5 Å². The van der Waals surface area contributed by atoms with Crippen LogP contribution in [-0.2, 0) is 42.8 Å². The number of aliphatic carboxylic acids is 1. The second-order valence-electron chi connectivity index (χ2n) is 4.81. The molecule has 1 N–H and O–H groups in total. The maximum Gasteiger partial charge on any atom is 0.307 e. The van der Waals surface area contributed by atoms with Crippen LogP contribution in [0.4, 0.5) is 0 Å². The number of esters is 2. The molecule has 0 aliphatic rings. The second kappa shape index (κ2) is 23.4. The Hall–Kier alpha value is -2.59. The summed E-state index contributed by atoms with van der Waals surface area (Å²) in [6, 6.07) is 0. The van der Waals surface area contributed by atoms with Crippen molar-refractivity contribution in [3.05, 3.63) is 25.7 Å². The van der Waals surface area contributed by atoms with E-state index in [1.807, 2.05) is 0 Å². The van der Waals surface area contributed by atoms with Crippen LogP contribution in [-0.4, -0.2) is 49.2 Å². The van der Waals surface area contributed by atoms with Gasteiger partial charge in [-0.3, -0.25) is 14.4 Å². The van der Waals surface area contributed by atoms with Gasteiger partial charge in [-0.25, -0.2) is 0 Å². The molecule has 2 atom stereocenters. The van der Waals surface area contributed by atoms with E-state index in [2.05, 4.69) is 22.6 Å². The van der Waals surface area contributed by atoms with E-state index in [-0.39, 0.29) is 31.9 Å². The number of ether oxygens (including phenoxy) is 6. The van der Waals surface area contributed by atoms with Gasteiger partial charge in [-0.15, -0.1) is 0 Å². The third kappa shape index (κ3) is 30.4. The minimum absolute atomic E-state index is 0.115. The molecule has 0 aromatic heterocycles. The highest BCUT2D eigenvalue weighted by molar-refractivity contribution is 5.69. The summed E-state index contributed by atoms with van der Waals surface area (Å²) in [5, 5.41) is 7.72. The fraction of sp³-hybridized carbons (Fsp3) is 0.632. The van der Waals surface area contributed by atoms with Gasteiger partial charge in [0.2, 0.25) is 19.4 Å². The minimum atomic E-state index is -0.745. The molecule has 29 heavy (non-hydrogen) atoms. The molecule has 10 nitrogen and oxygen atoms in total. The summed E-state index contributed by atoms with van der Waals surface area (Å²) in [6.45, 7) is 14.8. The Morgan fingerprint density at radius 1 is 0.793 bits per heavy atom. The maximum absolute atomic E-state index is 10.9. The van der Waals surface area contributed by atoms with E-state index in [0.717, 1.165) is 0 Å². The summed E-state index contributed by atoms with van der Waals surface area (Å²) in [6.07, 6.45) is 2.05. The largest absolute Gasteiger partial charge is 0.481 e. The first-order valence-corrected chi connectivity index (χ1v) is 8.97. The molecule has 0 fully saturated rings. The summed E-state index contributed by atoms with van der Waals surface area (Å²) in [7, 11) is 0. The van der Waals surface area contributed by atoms with E-state index < -0.39 is 18.5 Å². The summed E-state index contributed by atoms with van der Waals surface area (Å²) in [5.74, 6) is -1.43. The first-order chi connectivity index (χ1) is 13.7. The number of carboxylic acids is 1. The fourth-order valence-electron chi connectivity index (χ4n) is 0.971. The number of hydrogen-bond acceptors (Lipinski definition) is 9. The lowest BCUT2D eigenvalue weighted by Crippen LogP contribution is -2.23. The predicted molar refractivity (Wildman–Crippen MR) is 104 cm³/mol. The van der Waals surface area contributed by atoms with Gasteiger partial charge >= 0.3 is 17.9 Å². The minimum Gasteiger partial charge on any atom is -0.481 e. The summed E-state index contributed by atoms with van der Waals surface area (Å²) in [4.78, 5) is 31.2. The molecular formula is C19H34O10. The van der Waals surface area contributed by atoms with E-state index in [9.17, 15) is 14.4 Å². The lowest BCUT2D eigenvalue weighted by molar-refractivity contribution is -0.231. The number of carbonyl (C=O) groups is 3. The Morgan fingerprint density at radius 3 is 1.38 bits per heavy atom. The first kappa shape index (κ1) is 31.1. The van der Waals surface area contributed by atoms with Crippen molar-refractivity contribution in [2.75, 3.05) is 13.6 Å². The Labute approximate surface area is 172 Å². The molecule has 0 aromatic carbocycles. The molecule has 10 heteroatoms. The van der Waals surface area contributed by atoms with Crippen molar-refractivity contribution < 1.29 is 47.9 Å². The zero-order valence-corrected chi connectivity index (χ0v) is 17.9. The van der Waals surface area contributed by atoms with Gasteiger partial charge in [0.25, 0.3) is 0 Å². The highest BCUT2D eigenvalue weighted by Gasteiger charge is 2.10. The van der Waals surface area contributed by atoms with Crippen molar-refractivity contribution in [1.82, 2.24) is 0 Å². The van der Waals surface area contributed by atoms with Crippen LogP contribution < -0.4 is 0 Å². The van der Waals surface area contributed by atoms with Gasteiger partial charge in [-0.2, -0.15) is 0 Å². The van der Waals surface area contributed by atoms with Crippen LogP contribution in [0, 0.1) is 0 Å². The quantitative estimate of drug-likeness (QED) is 0.204. The van der Waals surface area contributed by atoms with E-state index >= 15 is 0 Å². The summed E-state index contributed by atoms with van der Waals surface area (Å²) >= 11 is 0. The van der Waals surface area contributed by atoms with E-state index in [1.165, 1.54) is 12.5 Å². The molecule has 170 valence electrons. The lowest BCUT2D eigenvalue weighted by atomic mass is 10.5. The Balaban J connectivity index is -0.000000461. The predicted octanol–water partition coefficient (Wildman–Crippen LogP) is 3.32. The topological polar surface area (TPSA) is 127 Å². The summed E-state index contributed by atoms with van der Waals surface area (Å²) < 4.78 is 28.8. The Bertz CT molecular complexity index is 418. The van der Waals surface area contributed by atoms with Crippen molar-refractivity contribution in [1.29, 1.82) is 0 Å². The first-order valence-electron chi connectivity index (χ1n) is 8.97. The van der Waals surface area contributed by atoms with E-state index in [1.54, 1.807) is 34.6 Å². The Kier molecular flexibility index (Phi) is 25.2. The highest BCUT2D eigenvalue weighted by atomic mass is 16.8. The van der Waals surface area contributed by atoms with Crippen LogP contribution in [0.2, 0.25) is 0 Å². The third-order valence-corrected chi connectivity index (χ3v) is 2.45. The molecule has 0 radical (unpaired) electrons. The molecule has 0 saturated carbocycles. The molecule has 0 saturated heterocycles. The zero-order valence-electron chi connectivity index (χ0n) is 17.9. The van der Waals surface area contributed by atoms with E-state index in [0.29, 0.717) is 12.8 Å². The average Bonchev–Trinajstić information content (AvgIpc) is 2.69. The molecule has 0 heterocycles. The monoisotopic (exact) mass is 422 g/mol. The van der Waals surface area contributed by atoms with Crippen LogP contribution in [0.1, 0.15) is 53.9 Å². The molecule has 0 bridgehead atoms. The SMILES string of the molecule is C=COCOC=C.CCC(=O)O.CCC(=O)OC(C)OCOC(C)OC(=O)CC. The van der Waals surface area contributed by atoms with Crippen LogP contribution in [0.5, 0.6) is 0 Å². The number of carboxylic acid groups (broad SMARTS) is 1. The number of rotatable bonds is 13. The smallest absolute Gasteiger partial charge is 0.307 e. The Morgan fingerprint density at radius 2 is 1.14 bits per heavy atom. The van der Waals surface area contributed by atoms with Crippen LogP contribution in [0.3, 0.4) is 0 Å². The normalized spacial score (nSPS) is 11.1. The molecule has 0 spiro atoms. The zero-order chi connectivity index (χ0) is 23.1. The number of hydrogen-bond donors (Lipinski definition) is 1. The van der Waals surface area contributed by atoms with Crippen molar-refractivity contribution in [2.24, 2.45) is 0 Å². The van der Waals surface area contributed by atoms with Crippen LogP contribution >= 0.6 is 0 Å². The van der Waals surface area contributed by atoms with Gasteiger partial charge in [0.15, 0.2) is 6.79 Å². The van der Waals surface area contributed by atoms with Gasteiger partial charge in [0.05, 0.1) is 12.5 Å². The van der Waals surface area contributed by atoms with Gasteiger partial charge < -0.3 is 33.5 Å². The molecule has 0 aliphatic heterocycles. The maximum atomic E-state index is 10.9. The van der Waals surface area contributed by atoms with E-state index in [4.69, 9.17) is 24.1 Å². The molecule has 2 unspecified atom stereocenters. The molecular weight excluding hydrogens is 388 g/mol. The fourth-order valence-corrected chi connectivity index (χ4v) is 0.971.